The van der Waals surface area contributed by atoms with Crippen molar-refractivity contribution in [3.8, 4) is 28.5 Å². The van der Waals surface area contributed by atoms with Crippen LogP contribution < -0.4 is 19.8 Å². The summed E-state index contributed by atoms with van der Waals surface area (Å²) in [7, 11) is 1.54. The zero-order chi connectivity index (χ0) is 23.9. The van der Waals surface area contributed by atoms with Crippen LogP contribution in [0.1, 0.15) is 31.4 Å². The number of alkyl halides is 2. The Morgan fingerprint density at radius 3 is 2.62 bits per heavy atom. The molecule has 2 fully saturated rings. The maximum absolute atomic E-state index is 13.2. The summed E-state index contributed by atoms with van der Waals surface area (Å²) in [6.07, 6.45) is 0.175. The molecular formula is C25H29F2NO6. The van der Waals surface area contributed by atoms with Crippen molar-refractivity contribution in [1.82, 2.24) is 4.57 Å². The molecule has 1 aromatic heterocycles. The standard InChI is InChI=1S/C25H29F2NO6/c1-15-5-17-6-23(34-12-16-10-25(26,27)11-16)22(30-2)9-20(17)21-7-18(8-24(29)28(15)21)33-14-19-13-31-3-4-32-19/h6-9,15-16,19H,3-5,10-14H2,1-2H3/t15?,19-/m0/s1. The Hall–Kier alpha value is -2.65. The fraction of sp³-hybridized carbons (Fsp3) is 0.560. The summed E-state index contributed by atoms with van der Waals surface area (Å²) in [5.74, 6) is -1.24. The van der Waals surface area contributed by atoms with Gasteiger partial charge in [0, 0.05) is 42.5 Å². The van der Waals surface area contributed by atoms with Crippen LogP contribution in [0.15, 0.2) is 29.1 Å². The second-order valence-corrected chi connectivity index (χ2v) is 9.32. The molecule has 2 atom stereocenters. The van der Waals surface area contributed by atoms with Crippen LogP contribution in [0.25, 0.3) is 11.3 Å². The first kappa shape index (κ1) is 23.1. The molecule has 2 aromatic rings. The van der Waals surface area contributed by atoms with Crippen LogP contribution in [-0.2, 0) is 15.9 Å². The van der Waals surface area contributed by atoms with Gasteiger partial charge in [-0.3, -0.25) is 4.79 Å². The summed E-state index contributed by atoms with van der Waals surface area (Å²) in [6, 6.07) is 7.04. The van der Waals surface area contributed by atoms with Crippen molar-refractivity contribution in [3.05, 3.63) is 40.2 Å². The molecule has 3 aliphatic rings. The quantitative estimate of drug-likeness (QED) is 0.604. The first-order valence-electron chi connectivity index (χ1n) is 11.6. The van der Waals surface area contributed by atoms with E-state index in [9.17, 15) is 13.6 Å². The van der Waals surface area contributed by atoms with Gasteiger partial charge in [-0.05, 0) is 31.0 Å². The van der Waals surface area contributed by atoms with Crippen LogP contribution in [0.2, 0.25) is 0 Å². The highest BCUT2D eigenvalue weighted by molar-refractivity contribution is 5.71. The van der Waals surface area contributed by atoms with Crippen LogP contribution in [-0.4, -0.2) is 56.7 Å². The highest BCUT2D eigenvalue weighted by Crippen LogP contribution is 2.44. The number of hydrogen-bond acceptors (Lipinski definition) is 6. The third-order valence-corrected chi connectivity index (χ3v) is 6.63. The second-order valence-electron chi connectivity index (χ2n) is 9.32. The summed E-state index contributed by atoms with van der Waals surface area (Å²) in [5.41, 5.74) is 2.46. The number of benzene rings is 1. The van der Waals surface area contributed by atoms with E-state index in [0.717, 1.165) is 16.8 Å². The highest BCUT2D eigenvalue weighted by atomic mass is 19.3. The molecule has 1 saturated heterocycles. The number of rotatable bonds is 7. The molecule has 1 saturated carbocycles. The van der Waals surface area contributed by atoms with Gasteiger partial charge in [0.2, 0.25) is 5.92 Å². The van der Waals surface area contributed by atoms with E-state index >= 15 is 0 Å². The molecule has 1 aromatic carbocycles. The average molecular weight is 478 g/mol. The molecule has 0 spiro atoms. The normalized spacial score (nSPS) is 23.4. The molecule has 184 valence electrons. The predicted octanol–water partition coefficient (Wildman–Crippen LogP) is 3.86. The molecule has 0 N–H and O–H groups in total. The number of methoxy groups -OCH3 is 1. The number of aromatic nitrogens is 1. The lowest BCUT2D eigenvalue weighted by Gasteiger charge is -2.34. The van der Waals surface area contributed by atoms with Crippen molar-refractivity contribution >= 4 is 0 Å². The monoisotopic (exact) mass is 477 g/mol. The zero-order valence-electron chi connectivity index (χ0n) is 19.4. The topological polar surface area (TPSA) is 68.2 Å². The van der Waals surface area contributed by atoms with Crippen molar-refractivity contribution in [2.24, 2.45) is 5.92 Å². The summed E-state index contributed by atoms with van der Waals surface area (Å²) in [5, 5.41) is 0. The molecule has 0 radical (unpaired) electrons. The number of fused-ring (bicyclic) bond motifs is 3. The van der Waals surface area contributed by atoms with E-state index in [0.29, 0.717) is 50.1 Å². The number of ether oxygens (including phenoxy) is 5. The largest absolute Gasteiger partial charge is 0.493 e. The molecule has 9 heteroatoms. The molecular weight excluding hydrogens is 448 g/mol. The highest BCUT2D eigenvalue weighted by Gasteiger charge is 2.45. The molecule has 0 bridgehead atoms. The van der Waals surface area contributed by atoms with Gasteiger partial charge < -0.3 is 28.3 Å². The van der Waals surface area contributed by atoms with Crippen molar-refractivity contribution in [1.29, 1.82) is 0 Å². The Balaban J connectivity index is 1.40. The van der Waals surface area contributed by atoms with Crippen molar-refractivity contribution in [2.75, 3.05) is 40.1 Å². The maximum Gasteiger partial charge on any atom is 0.254 e. The fourth-order valence-electron chi connectivity index (χ4n) is 4.93. The summed E-state index contributed by atoms with van der Waals surface area (Å²) in [6.45, 7) is 4.07. The van der Waals surface area contributed by atoms with Crippen molar-refractivity contribution in [3.63, 3.8) is 0 Å². The minimum Gasteiger partial charge on any atom is -0.493 e. The molecule has 5 rings (SSSR count). The fourth-order valence-corrected chi connectivity index (χ4v) is 4.93. The van der Waals surface area contributed by atoms with Gasteiger partial charge in [0.05, 0.1) is 39.2 Å². The lowest BCUT2D eigenvalue weighted by Crippen LogP contribution is -2.38. The minimum atomic E-state index is -2.57. The third kappa shape index (κ3) is 4.63. The van der Waals surface area contributed by atoms with E-state index in [1.807, 2.05) is 25.1 Å². The lowest BCUT2D eigenvalue weighted by molar-refractivity contribution is -0.119. The van der Waals surface area contributed by atoms with Gasteiger partial charge in [0.1, 0.15) is 18.5 Å². The van der Waals surface area contributed by atoms with Crippen LogP contribution in [0.5, 0.6) is 17.2 Å². The molecule has 7 nitrogen and oxygen atoms in total. The van der Waals surface area contributed by atoms with Gasteiger partial charge in [-0.1, -0.05) is 0 Å². The number of pyridine rings is 1. The van der Waals surface area contributed by atoms with E-state index in [-0.39, 0.29) is 43.1 Å². The number of halogens is 2. The van der Waals surface area contributed by atoms with Crippen LogP contribution in [0.3, 0.4) is 0 Å². The van der Waals surface area contributed by atoms with Crippen molar-refractivity contribution < 1.29 is 32.5 Å². The summed E-state index contributed by atoms with van der Waals surface area (Å²) in [4.78, 5) is 13.0. The van der Waals surface area contributed by atoms with E-state index < -0.39 is 5.92 Å². The number of nitrogens with zero attached hydrogens (tertiary/aromatic N) is 1. The van der Waals surface area contributed by atoms with E-state index in [2.05, 4.69) is 0 Å². The van der Waals surface area contributed by atoms with Crippen LogP contribution in [0, 0.1) is 5.92 Å². The van der Waals surface area contributed by atoms with Gasteiger partial charge in [0.25, 0.3) is 5.56 Å². The number of hydrogen-bond donors (Lipinski definition) is 0. The summed E-state index contributed by atoms with van der Waals surface area (Å²) >= 11 is 0. The Morgan fingerprint density at radius 1 is 1.09 bits per heavy atom. The van der Waals surface area contributed by atoms with Gasteiger partial charge in [0.15, 0.2) is 11.5 Å². The molecule has 0 amide bonds. The van der Waals surface area contributed by atoms with Crippen LogP contribution in [0.4, 0.5) is 8.78 Å². The smallest absolute Gasteiger partial charge is 0.254 e. The first-order valence-corrected chi connectivity index (χ1v) is 11.6. The van der Waals surface area contributed by atoms with E-state index in [1.165, 1.54) is 13.2 Å². The second kappa shape index (κ2) is 9.19. The SMILES string of the molecule is COc1cc2c(cc1OCC1CC(F)(F)C1)CC(C)n1c-2cc(OC[C@@H]2COCCO2)cc1=O. The Labute approximate surface area is 196 Å². The lowest BCUT2D eigenvalue weighted by atomic mass is 9.82. The van der Waals surface area contributed by atoms with Gasteiger partial charge in [-0.2, -0.15) is 0 Å². The molecule has 3 heterocycles. The summed E-state index contributed by atoms with van der Waals surface area (Å²) < 4.78 is 56.4. The predicted molar refractivity (Wildman–Crippen MR) is 120 cm³/mol. The van der Waals surface area contributed by atoms with Gasteiger partial charge >= 0.3 is 0 Å². The van der Waals surface area contributed by atoms with E-state index in [1.54, 1.807) is 4.57 Å². The Morgan fingerprint density at radius 2 is 1.91 bits per heavy atom. The molecule has 1 aliphatic carbocycles. The Kier molecular flexibility index (Phi) is 6.24. The van der Waals surface area contributed by atoms with E-state index in [4.69, 9.17) is 23.7 Å². The first-order chi connectivity index (χ1) is 16.3. The molecule has 2 aliphatic heterocycles. The van der Waals surface area contributed by atoms with Gasteiger partial charge in [-0.15, -0.1) is 0 Å². The zero-order valence-corrected chi connectivity index (χ0v) is 19.4. The van der Waals surface area contributed by atoms with Crippen molar-refractivity contribution in [2.45, 2.75) is 44.3 Å². The minimum absolute atomic E-state index is 0.0642. The van der Waals surface area contributed by atoms with Gasteiger partial charge in [-0.25, -0.2) is 8.78 Å². The third-order valence-electron chi connectivity index (χ3n) is 6.63. The molecule has 1 unspecified atom stereocenters. The maximum atomic E-state index is 13.2. The Bertz CT molecular complexity index is 1100. The molecule has 34 heavy (non-hydrogen) atoms. The van der Waals surface area contributed by atoms with Crippen LogP contribution >= 0.6 is 0 Å². The average Bonchev–Trinajstić information content (AvgIpc) is 2.80.